The molecule has 0 atom stereocenters. The van der Waals surface area contributed by atoms with Crippen LogP contribution in [0.4, 0.5) is 19.0 Å². The largest absolute Gasteiger partial charge is 0.573 e. The van der Waals surface area contributed by atoms with Crippen molar-refractivity contribution in [3.8, 4) is 16.9 Å². The number of pyridine rings is 1. The Labute approximate surface area is 100.0 Å². The molecule has 0 fully saturated rings. The van der Waals surface area contributed by atoms with Crippen molar-refractivity contribution in [2.45, 2.75) is 6.36 Å². The smallest absolute Gasteiger partial charge is 0.405 e. The zero-order valence-electron chi connectivity index (χ0n) is 9.27. The number of aryl methyl sites for hydroxylation is 1. The van der Waals surface area contributed by atoms with Gasteiger partial charge in [-0.1, -0.05) is 0 Å². The minimum absolute atomic E-state index is 0.0538. The van der Waals surface area contributed by atoms with Crippen molar-refractivity contribution in [1.29, 1.82) is 0 Å². The SMILES string of the molecule is Cn1cc(-c2cnc(N)cc2OC(F)(F)F)cn1. The van der Waals surface area contributed by atoms with Crippen LogP contribution in [0.2, 0.25) is 0 Å². The first kappa shape index (κ1) is 12.2. The van der Waals surface area contributed by atoms with Crippen LogP contribution in [0.25, 0.3) is 11.1 Å². The highest BCUT2D eigenvalue weighted by molar-refractivity contribution is 5.69. The number of hydrogen-bond acceptors (Lipinski definition) is 4. The topological polar surface area (TPSA) is 66.0 Å². The molecule has 2 heterocycles. The summed E-state index contributed by atoms with van der Waals surface area (Å²) in [5, 5.41) is 3.87. The van der Waals surface area contributed by atoms with Gasteiger partial charge in [-0.25, -0.2) is 4.98 Å². The lowest BCUT2D eigenvalue weighted by Crippen LogP contribution is -2.18. The Kier molecular flexibility index (Phi) is 2.85. The van der Waals surface area contributed by atoms with Crippen LogP contribution in [-0.4, -0.2) is 21.1 Å². The Morgan fingerprint density at radius 1 is 1.33 bits per heavy atom. The van der Waals surface area contributed by atoms with Gasteiger partial charge in [0.15, 0.2) is 0 Å². The van der Waals surface area contributed by atoms with E-state index < -0.39 is 12.1 Å². The molecule has 0 aliphatic rings. The Bertz CT molecular complexity index is 564. The van der Waals surface area contributed by atoms with Crippen molar-refractivity contribution in [2.75, 3.05) is 5.73 Å². The molecule has 2 aromatic rings. The molecule has 96 valence electrons. The second-order valence-electron chi connectivity index (χ2n) is 3.56. The number of hydrogen-bond donors (Lipinski definition) is 1. The molecule has 0 spiro atoms. The molecular weight excluding hydrogens is 249 g/mol. The summed E-state index contributed by atoms with van der Waals surface area (Å²) in [6.07, 6.45) is -0.606. The maximum Gasteiger partial charge on any atom is 0.573 e. The number of nitrogens with two attached hydrogens (primary N) is 1. The van der Waals surface area contributed by atoms with Gasteiger partial charge in [-0.15, -0.1) is 13.2 Å². The van der Waals surface area contributed by atoms with E-state index in [1.54, 1.807) is 13.2 Å². The van der Waals surface area contributed by atoms with E-state index in [2.05, 4.69) is 14.8 Å². The van der Waals surface area contributed by atoms with Gasteiger partial charge in [0.1, 0.15) is 11.6 Å². The summed E-state index contributed by atoms with van der Waals surface area (Å²) in [5.41, 5.74) is 5.99. The lowest BCUT2D eigenvalue weighted by molar-refractivity contribution is -0.274. The summed E-state index contributed by atoms with van der Waals surface area (Å²) < 4.78 is 42.2. The maximum atomic E-state index is 12.3. The highest BCUT2D eigenvalue weighted by atomic mass is 19.4. The number of halogens is 3. The first-order chi connectivity index (χ1) is 8.35. The van der Waals surface area contributed by atoms with Crippen molar-refractivity contribution in [3.05, 3.63) is 24.7 Å². The van der Waals surface area contributed by atoms with Gasteiger partial charge in [-0.3, -0.25) is 4.68 Å². The van der Waals surface area contributed by atoms with Crippen LogP contribution in [0.3, 0.4) is 0 Å². The molecule has 2 N–H and O–H groups in total. The summed E-state index contributed by atoms with van der Waals surface area (Å²) in [6.45, 7) is 0. The lowest BCUT2D eigenvalue weighted by atomic mass is 10.1. The molecule has 18 heavy (non-hydrogen) atoms. The fraction of sp³-hybridized carbons (Fsp3) is 0.200. The molecular formula is C10H9F3N4O. The van der Waals surface area contributed by atoms with Crippen molar-refractivity contribution in [2.24, 2.45) is 7.05 Å². The Morgan fingerprint density at radius 2 is 2.06 bits per heavy atom. The average molecular weight is 258 g/mol. The van der Waals surface area contributed by atoms with Crippen LogP contribution >= 0.6 is 0 Å². The molecule has 0 aliphatic carbocycles. The van der Waals surface area contributed by atoms with Gasteiger partial charge in [-0.05, 0) is 0 Å². The van der Waals surface area contributed by atoms with E-state index in [9.17, 15) is 13.2 Å². The summed E-state index contributed by atoms with van der Waals surface area (Å²) in [4.78, 5) is 3.75. The van der Waals surface area contributed by atoms with Gasteiger partial charge >= 0.3 is 6.36 Å². The van der Waals surface area contributed by atoms with E-state index in [1.165, 1.54) is 17.1 Å². The highest BCUT2D eigenvalue weighted by Crippen LogP contribution is 2.33. The highest BCUT2D eigenvalue weighted by Gasteiger charge is 2.32. The third-order valence-electron chi connectivity index (χ3n) is 2.13. The molecule has 0 unspecified atom stereocenters. The van der Waals surface area contributed by atoms with Gasteiger partial charge < -0.3 is 10.5 Å². The monoisotopic (exact) mass is 258 g/mol. The van der Waals surface area contributed by atoms with E-state index in [1.807, 2.05) is 0 Å². The second kappa shape index (κ2) is 4.21. The summed E-state index contributed by atoms with van der Waals surface area (Å²) in [5.74, 6) is -0.454. The molecule has 0 saturated carbocycles. The van der Waals surface area contributed by atoms with Crippen LogP contribution in [0.15, 0.2) is 24.7 Å². The number of nitrogens with zero attached hydrogens (tertiary/aromatic N) is 3. The van der Waals surface area contributed by atoms with E-state index in [-0.39, 0.29) is 11.4 Å². The Morgan fingerprint density at radius 3 is 2.61 bits per heavy atom. The first-order valence-electron chi connectivity index (χ1n) is 4.85. The predicted octanol–water partition coefficient (Wildman–Crippen LogP) is 1.96. The van der Waals surface area contributed by atoms with Gasteiger partial charge in [0.2, 0.25) is 0 Å². The molecule has 0 aliphatic heterocycles. The summed E-state index contributed by atoms with van der Waals surface area (Å²) in [7, 11) is 1.65. The van der Waals surface area contributed by atoms with Gasteiger partial charge in [-0.2, -0.15) is 5.10 Å². The number of ether oxygens (including phenoxy) is 1. The fourth-order valence-electron chi connectivity index (χ4n) is 1.44. The summed E-state index contributed by atoms with van der Waals surface area (Å²) in [6, 6.07) is 1.02. The van der Waals surface area contributed by atoms with Crippen LogP contribution in [0.1, 0.15) is 0 Å². The number of rotatable bonds is 2. The van der Waals surface area contributed by atoms with Crippen molar-refractivity contribution in [1.82, 2.24) is 14.8 Å². The normalized spacial score (nSPS) is 11.6. The first-order valence-corrected chi connectivity index (χ1v) is 4.85. The van der Waals surface area contributed by atoms with E-state index in [0.29, 0.717) is 5.56 Å². The molecule has 0 saturated heterocycles. The van der Waals surface area contributed by atoms with E-state index in [4.69, 9.17) is 5.73 Å². The maximum absolute atomic E-state index is 12.3. The number of nitrogen functional groups attached to an aromatic ring is 1. The number of aromatic nitrogens is 3. The van der Waals surface area contributed by atoms with Crippen LogP contribution < -0.4 is 10.5 Å². The molecule has 8 heteroatoms. The fourth-order valence-corrected chi connectivity index (χ4v) is 1.44. The van der Waals surface area contributed by atoms with Gasteiger partial charge in [0.05, 0.1) is 6.20 Å². The molecule has 2 aromatic heterocycles. The molecule has 0 amide bonds. The zero-order valence-corrected chi connectivity index (χ0v) is 9.27. The van der Waals surface area contributed by atoms with Crippen molar-refractivity contribution < 1.29 is 17.9 Å². The molecule has 2 rings (SSSR count). The van der Waals surface area contributed by atoms with Crippen LogP contribution in [0.5, 0.6) is 5.75 Å². The molecule has 5 nitrogen and oxygen atoms in total. The third kappa shape index (κ3) is 2.70. The quantitative estimate of drug-likeness (QED) is 0.894. The second-order valence-corrected chi connectivity index (χ2v) is 3.56. The van der Waals surface area contributed by atoms with Crippen molar-refractivity contribution >= 4 is 5.82 Å². The minimum atomic E-state index is -4.79. The molecule has 0 bridgehead atoms. The lowest BCUT2D eigenvalue weighted by Gasteiger charge is -2.12. The van der Waals surface area contributed by atoms with E-state index in [0.717, 1.165) is 6.07 Å². The van der Waals surface area contributed by atoms with Gasteiger partial charge in [0, 0.05) is 36.6 Å². The molecule has 0 radical (unpaired) electrons. The zero-order chi connectivity index (χ0) is 13.3. The number of alkyl halides is 3. The predicted molar refractivity (Wildman–Crippen MR) is 57.5 cm³/mol. The van der Waals surface area contributed by atoms with Crippen molar-refractivity contribution in [3.63, 3.8) is 0 Å². The summed E-state index contributed by atoms with van der Waals surface area (Å²) >= 11 is 0. The Hall–Kier alpha value is -2.25. The Balaban J connectivity index is 2.47. The van der Waals surface area contributed by atoms with Crippen LogP contribution in [-0.2, 0) is 7.05 Å². The van der Waals surface area contributed by atoms with Gasteiger partial charge in [0.25, 0.3) is 0 Å². The average Bonchev–Trinajstić information content (AvgIpc) is 2.62. The minimum Gasteiger partial charge on any atom is -0.405 e. The standard InChI is InChI=1S/C10H9F3N4O/c1-17-5-6(3-16-17)7-4-15-9(14)2-8(7)18-10(11,12)13/h2-5H,1H3,(H2,14,15). The number of anilines is 1. The van der Waals surface area contributed by atoms with Crippen LogP contribution in [0, 0.1) is 0 Å². The third-order valence-corrected chi connectivity index (χ3v) is 2.13. The molecule has 0 aromatic carbocycles. The van der Waals surface area contributed by atoms with E-state index >= 15 is 0 Å².